The van der Waals surface area contributed by atoms with Crippen LogP contribution in [0.25, 0.3) is 0 Å². The molecule has 16 heavy (non-hydrogen) atoms. The second-order valence-corrected chi connectivity index (χ2v) is 4.28. The Bertz CT molecular complexity index is 364. The lowest BCUT2D eigenvalue weighted by atomic mass is 10.1. The Morgan fingerprint density at radius 1 is 1.56 bits per heavy atom. The van der Waals surface area contributed by atoms with E-state index in [1.54, 1.807) is 4.57 Å². The average Bonchev–Trinajstić information content (AvgIpc) is 2.84. The summed E-state index contributed by atoms with van der Waals surface area (Å²) in [4.78, 5) is 13.9. The molecule has 1 fully saturated rings. The number of carbonyl (C=O) groups excluding carboxylic acids is 1. The molecule has 0 aliphatic carbocycles. The van der Waals surface area contributed by atoms with Gasteiger partial charge in [-0.15, -0.1) is 0 Å². The molecule has 0 radical (unpaired) electrons. The third-order valence-electron chi connectivity index (χ3n) is 3.12. The monoisotopic (exact) mass is 335 g/mol. The van der Waals surface area contributed by atoms with Crippen LogP contribution in [-0.4, -0.2) is 28.6 Å². The molecule has 2 rings (SSSR count). The lowest BCUT2D eigenvalue weighted by molar-refractivity contribution is -0.670. The summed E-state index contributed by atoms with van der Waals surface area (Å²) in [5.74, 6) is 0.693. The first-order valence-electron chi connectivity index (χ1n) is 5.53. The highest BCUT2D eigenvalue weighted by molar-refractivity contribution is 5.76. The Hall–Kier alpha value is -0.590. The maximum atomic E-state index is 12.0. The molecule has 1 aliphatic heterocycles. The van der Waals surface area contributed by atoms with Gasteiger partial charge in [0, 0.05) is 13.1 Å². The van der Waals surface area contributed by atoms with Crippen LogP contribution in [0.5, 0.6) is 0 Å². The molecule has 4 nitrogen and oxygen atoms in total. The molecular formula is C11H18IN3O. The van der Waals surface area contributed by atoms with Gasteiger partial charge in [-0.2, -0.15) is 4.57 Å². The Morgan fingerprint density at radius 2 is 2.31 bits per heavy atom. The van der Waals surface area contributed by atoms with Crippen LogP contribution in [-0.2, 0) is 7.05 Å². The van der Waals surface area contributed by atoms with Crippen molar-refractivity contribution in [2.24, 2.45) is 13.0 Å². The maximum absolute atomic E-state index is 12.0. The highest BCUT2D eigenvalue weighted by Crippen LogP contribution is 2.19. The molecule has 2 heterocycles. The number of nitrogens with zero attached hydrogens (tertiary/aromatic N) is 3. The van der Waals surface area contributed by atoms with Crippen LogP contribution in [0.3, 0.4) is 0 Å². The van der Waals surface area contributed by atoms with Crippen LogP contribution < -0.4 is 28.5 Å². The molecule has 1 aliphatic rings. The molecule has 1 aromatic rings. The van der Waals surface area contributed by atoms with Crippen molar-refractivity contribution >= 4 is 6.03 Å². The molecule has 1 saturated heterocycles. The molecule has 0 bridgehead atoms. The molecule has 0 spiro atoms. The van der Waals surface area contributed by atoms with E-state index in [0.717, 1.165) is 19.5 Å². The number of hydrogen-bond acceptors (Lipinski definition) is 1. The quantitative estimate of drug-likeness (QED) is 0.432. The average molecular weight is 335 g/mol. The fraction of sp³-hybridized carbons (Fsp3) is 0.636. The van der Waals surface area contributed by atoms with Crippen LogP contribution in [0.1, 0.15) is 19.8 Å². The normalized spacial score (nSPS) is 19.6. The van der Waals surface area contributed by atoms with Gasteiger partial charge in [-0.05, 0) is 12.3 Å². The second-order valence-electron chi connectivity index (χ2n) is 4.28. The molecule has 1 amide bonds. The number of likely N-dealkylation sites (tertiary alicyclic amines) is 1. The number of amides is 1. The molecule has 0 aromatic carbocycles. The molecule has 1 aromatic heterocycles. The molecule has 0 saturated carbocycles. The number of imidazole rings is 1. The lowest BCUT2D eigenvalue weighted by Crippen LogP contribution is -3.00. The summed E-state index contributed by atoms with van der Waals surface area (Å²) in [5, 5.41) is 0. The van der Waals surface area contributed by atoms with Gasteiger partial charge >= 0.3 is 6.03 Å². The van der Waals surface area contributed by atoms with E-state index in [1.165, 1.54) is 6.42 Å². The summed E-state index contributed by atoms with van der Waals surface area (Å²) in [5.41, 5.74) is 0. The first kappa shape index (κ1) is 13.5. The van der Waals surface area contributed by atoms with Crippen LogP contribution >= 0.6 is 0 Å². The summed E-state index contributed by atoms with van der Waals surface area (Å²) in [6, 6.07) is 0.103. The minimum atomic E-state index is 0. The third kappa shape index (κ3) is 2.75. The Labute approximate surface area is 113 Å². The standard InChI is InChI=1S/C11H18N3O.HI/c1-3-10-4-5-13(8-10)11(15)14-7-6-12(2)9-14;/h6-7,9-10H,3-5,8H2,1-2H3;1H/q+1;/p-1. The van der Waals surface area contributed by atoms with Gasteiger partial charge in [0.1, 0.15) is 12.4 Å². The van der Waals surface area contributed by atoms with Gasteiger partial charge in [0.25, 0.3) is 6.33 Å². The number of hydrogen-bond donors (Lipinski definition) is 0. The summed E-state index contributed by atoms with van der Waals surface area (Å²) in [6.45, 7) is 4.00. The SMILES string of the molecule is CCC1CCN(C(=O)n2cc[n+](C)c2)C1.[I-]. The van der Waals surface area contributed by atoms with Gasteiger partial charge in [-0.3, -0.25) is 0 Å². The molecule has 1 unspecified atom stereocenters. The Morgan fingerprint density at radius 3 is 2.81 bits per heavy atom. The van der Waals surface area contributed by atoms with E-state index in [0.29, 0.717) is 5.92 Å². The first-order valence-corrected chi connectivity index (χ1v) is 5.53. The van der Waals surface area contributed by atoms with Crippen molar-refractivity contribution in [1.29, 1.82) is 0 Å². The van der Waals surface area contributed by atoms with Crippen LogP contribution in [0.15, 0.2) is 18.7 Å². The van der Waals surface area contributed by atoms with Gasteiger partial charge in [-0.25, -0.2) is 9.36 Å². The van der Waals surface area contributed by atoms with Gasteiger partial charge in [0.05, 0.1) is 7.05 Å². The van der Waals surface area contributed by atoms with Crippen molar-refractivity contribution < 1.29 is 33.3 Å². The topological polar surface area (TPSA) is 29.1 Å². The smallest absolute Gasteiger partial charge is 0.415 e. The summed E-state index contributed by atoms with van der Waals surface area (Å²) in [6.07, 6.45) is 7.81. The van der Waals surface area contributed by atoms with Crippen molar-refractivity contribution in [3.8, 4) is 0 Å². The van der Waals surface area contributed by atoms with E-state index in [1.807, 2.05) is 35.2 Å². The van der Waals surface area contributed by atoms with E-state index in [2.05, 4.69) is 6.92 Å². The van der Waals surface area contributed by atoms with E-state index in [4.69, 9.17) is 0 Å². The van der Waals surface area contributed by atoms with Crippen molar-refractivity contribution in [1.82, 2.24) is 9.47 Å². The first-order chi connectivity index (χ1) is 7.20. The fourth-order valence-electron chi connectivity index (χ4n) is 2.07. The van der Waals surface area contributed by atoms with E-state index in [-0.39, 0.29) is 30.0 Å². The molecule has 90 valence electrons. The number of rotatable bonds is 1. The number of carbonyl (C=O) groups is 1. The zero-order valence-corrected chi connectivity index (χ0v) is 11.9. The predicted molar refractivity (Wildman–Crippen MR) is 56.4 cm³/mol. The van der Waals surface area contributed by atoms with Crippen molar-refractivity contribution in [2.75, 3.05) is 13.1 Å². The number of aryl methyl sites for hydroxylation is 1. The molecule has 1 atom stereocenters. The van der Waals surface area contributed by atoms with Crippen LogP contribution in [0, 0.1) is 5.92 Å². The lowest BCUT2D eigenvalue weighted by Gasteiger charge is -2.12. The molecule has 0 N–H and O–H groups in total. The predicted octanol–water partition coefficient (Wildman–Crippen LogP) is -1.98. The third-order valence-corrected chi connectivity index (χ3v) is 3.12. The molecule has 5 heteroatoms. The zero-order valence-electron chi connectivity index (χ0n) is 9.77. The summed E-state index contributed by atoms with van der Waals surface area (Å²) >= 11 is 0. The second kappa shape index (κ2) is 5.65. The largest absolute Gasteiger partial charge is 1.00 e. The Kier molecular flexibility index (Phi) is 4.76. The van der Waals surface area contributed by atoms with Gasteiger partial charge in [0.2, 0.25) is 0 Å². The van der Waals surface area contributed by atoms with E-state index >= 15 is 0 Å². The summed E-state index contributed by atoms with van der Waals surface area (Å²) < 4.78 is 3.53. The van der Waals surface area contributed by atoms with Crippen LogP contribution in [0.4, 0.5) is 4.79 Å². The fourth-order valence-corrected chi connectivity index (χ4v) is 2.07. The summed E-state index contributed by atoms with van der Waals surface area (Å²) in [7, 11) is 1.92. The van der Waals surface area contributed by atoms with Crippen molar-refractivity contribution in [3.05, 3.63) is 18.7 Å². The zero-order chi connectivity index (χ0) is 10.8. The number of aromatic nitrogens is 2. The minimum Gasteiger partial charge on any atom is -1.00 e. The molecular weight excluding hydrogens is 317 g/mol. The van der Waals surface area contributed by atoms with Crippen LogP contribution in [0.2, 0.25) is 0 Å². The number of halogens is 1. The van der Waals surface area contributed by atoms with Gasteiger partial charge in [0.15, 0.2) is 0 Å². The Balaban J connectivity index is 0.00000128. The van der Waals surface area contributed by atoms with Crippen molar-refractivity contribution in [2.45, 2.75) is 19.8 Å². The minimum absolute atomic E-state index is 0. The van der Waals surface area contributed by atoms with Gasteiger partial charge in [-0.1, -0.05) is 13.3 Å². The maximum Gasteiger partial charge on any atom is 0.415 e. The highest BCUT2D eigenvalue weighted by Gasteiger charge is 2.28. The van der Waals surface area contributed by atoms with Gasteiger partial charge < -0.3 is 28.9 Å². The van der Waals surface area contributed by atoms with E-state index in [9.17, 15) is 4.79 Å². The van der Waals surface area contributed by atoms with Crippen molar-refractivity contribution in [3.63, 3.8) is 0 Å². The van der Waals surface area contributed by atoms with E-state index < -0.39 is 0 Å². The highest BCUT2D eigenvalue weighted by atomic mass is 127.